The first-order valence-electron chi connectivity index (χ1n) is 10.1. The van der Waals surface area contributed by atoms with E-state index in [1.807, 2.05) is 4.90 Å². The number of halogens is 3. The number of ether oxygens (including phenoxy) is 2. The topological polar surface area (TPSA) is 144 Å². The Morgan fingerprint density at radius 1 is 0.939 bits per heavy atom. The number of hydrogen-bond donors (Lipinski definition) is 3. The molecular formula is C18H29ClF2N10O2. The molecule has 2 aromatic rings. The van der Waals surface area contributed by atoms with Gasteiger partial charge in [-0.1, -0.05) is 0 Å². The highest BCUT2D eigenvalue weighted by atomic mass is 35.5. The zero-order valence-electron chi connectivity index (χ0n) is 18.5. The molecular weight excluding hydrogens is 462 g/mol. The lowest BCUT2D eigenvalue weighted by atomic mass is 10.4. The van der Waals surface area contributed by atoms with Crippen LogP contribution >= 0.6 is 11.6 Å². The van der Waals surface area contributed by atoms with Gasteiger partial charge in [-0.25, -0.2) is 24.6 Å². The first-order chi connectivity index (χ1) is 15.9. The third kappa shape index (κ3) is 8.42. The molecule has 0 aliphatic carbocycles. The molecule has 2 aromatic heterocycles. The maximum atomic E-state index is 13.6. The summed E-state index contributed by atoms with van der Waals surface area (Å²) in [5.41, 5.74) is 2.25. The van der Waals surface area contributed by atoms with Crippen LogP contribution in [0.4, 0.5) is 26.4 Å². The van der Waals surface area contributed by atoms with Crippen LogP contribution in [0.15, 0.2) is 12.4 Å². The van der Waals surface area contributed by atoms with E-state index < -0.39 is 11.6 Å². The molecule has 184 valence electrons. The van der Waals surface area contributed by atoms with Gasteiger partial charge in [0.15, 0.2) is 23.3 Å². The average molecular weight is 491 g/mol. The van der Waals surface area contributed by atoms with E-state index >= 15 is 0 Å². The van der Waals surface area contributed by atoms with E-state index in [1.54, 1.807) is 19.0 Å². The molecule has 0 amide bonds. The SMILES string of the molecule is CN(N)c1ncc(F)c(N2CCOCC2)n1.CNN.Fc1cnc(Cl)nc1N1CCOCC1. The molecule has 0 saturated carbocycles. The van der Waals surface area contributed by atoms with Gasteiger partial charge in [-0.3, -0.25) is 16.3 Å². The Bertz CT molecular complexity index is 855. The lowest BCUT2D eigenvalue weighted by molar-refractivity contribution is 0.122. The minimum Gasteiger partial charge on any atom is -0.378 e. The Morgan fingerprint density at radius 2 is 1.36 bits per heavy atom. The Morgan fingerprint density at radius 3 is 1.82 bits per heavy atom. The fourth-order valence-electron chi connectivity index (χ4n) is 2.85. The highest BCUT2D eigenvalue weighted by Gasteiger charge is 2.18. The van der Waals surface area contributed by atoms with E-state index in [9.17, 15) is 8.78 Å². The summed E-state index contributed by atoms with van der Waals surface area (Å²) in [6.45, 7) is 4.84. The lowest BCUT2D eigenvalue weighted by Crippen LogP contribution is -2.38. The van der Waals surface area contributed by atoms with Crippen LogP contribution < -0.4 is 31.9 Å². The van der Waals surface area contributed by atoms with Crippen molar-refractivity contribution in [1.82, 2.24) is 25.4 Å². The second-order valence-electron chi connectivity index (χ2n) is 6.75. The predicted molar refractivity (Wildman–Crippen MR) is 121 cm³/mol. The highest BCUT2D eigenvalue weighted by Crippen LogP contribution is 2.19. The largest absolute Gasteiger partial charge is 0.378 e. The second kappa shape index (κ2) is 13.9. The van der Waals surface area contributed by atoms with Gasteiger partial charge in [-0.05, 0) is 18.6 Å². The number of morpholine rings is 2. The van der Waals surface area contributed by atoms with Gasteiger partial charge in [0.2, 0.25) is 11.2 Å². The Kier molecular flexibility index (Phi) is 11.3. The fourth-order valence-corrected chi connectivity index (χ4v) is 2.98. The standard InChI is InChI=1S/C9H14FN5O.C8H9ClFN3O.CH6N2/c1-14(11)9-12-6-7(10)8(13-9)15-2-4-16-5-3-15;9-8-11-5-6(10)7(12-8)13-1-3-14-4-2-13;1-3-2/h6H,2-5,11H2,1H3;5H,1-4H2;3H,2H2,1H3. The van der Waals surface area contributed by atoms with Crippen molar-refractivity contribution < 1.29 is 18.3 Å². The smallest absolute Gasteiger partial charge is 0.241 e. The highest BCUT2D eigenvalue weighted by molar-refractivity contribution is 6.28. The van der Waals surface area contributed by atoms with E-state index in [4.69, 9.17) is 26.9 Å². The summed E-state index contributed by atoms with van der Waals surface area (Å²) in [6.07, 6.45) is 2.22. The minimum absolute atomic E-state index is 0.0629. The van der Waals surface area contributed by atoms with Crippen molar-refractivity contribution in [3.8, 4) is 0 Å². The zero-order chi connectivity index (χ0) is 24.2. The third-order valence-corrected chi connectivity index (χ3v) is 4.53. The molecule has 0 radical (unpaired) electrons. The van der Waals surface area contributed by atoms with Crippen LogP contribution in [0.5, 0.6) is 0 Å². The van der Waals surface area contributed by atoms with Crippen LogP contribution in [-0.4, -0.2) is 86.6 Å². The van der Waals surface area contributed by atoms with E-state index in [-0.39, 0.29) is 16.9 Å². The Hall–Kier alpha value is -2.49. The molecule has 12 nitrogen and oxygen atoms in total. The van der Waals surface area contributed by atoms with E-state index in [0.29, 0.717) is 58.6 Å². The summed E-state index contributed by atoms with van der Waals surface area (Å²) >= 11 is 5.59. The molecule has 2 aliphatic heterocycles. The fraction of sp³-hybridized carbons (Fsp3) is 0.556. The monoisotopic (exact) mass is 490 g/mol. The number of rotatable bonds is 3. The van der Waals surface area contributed by atoms with Gasteiger partial charge in [0.05, 0.1) is 38.8 Å². The molecule has 4 rings (SSSR count). The van der Waals surface area contributed by atoms with Crippen molar-refractivity contribution in [2.45, 2.75) is 0 Å². The van der Waals surface area contributed by atoms with E-state index in [0.717, 1.165) is 12.4 Å². The molecule has 0 bridgehead atoms. The van der Waals surface area contributed by atoms with Gasteiger partial charge in [0, 0.05) is 33.2 Å². The maximum Gasteiger partial charge on any atom is 0.241 e. The van der Waals surface area contributed by atoms with Crippen molar-refractivity contribution >= 4 is 29.2 Å². The lowest BCUT2D eigenvalue weighted by Gasteiger charge is -2.28. The summed E-state index contributed by atoms with van der Waals surface area (Å²) < 4.78 is 37.2. The average Bonchev–Trinajstić information content (AvgIpc) is 2.83. The Balaban J connectivity index is 0.000000210. The summed E-state index contributed by atoms with van der Waals surface area (Å²) in [5.74, 6) is 10.1. The number of nitrogens with one attached hydrogen (secondary N) is 1. The molecule has 0 atom stereocenters. The summed E-state index contributed by atoms with van der Waals surface area (Å²) in [4.78, 5) is 18.9. The summed E-state index contributed by atoms with van der Waals surface area (Å²) in [6, 6.07) is 0. The van der Waals surface area contributed by atoms with Crippen LogP contribution in [0.25, 0.3) is 0 Å². The van der Waals surface area contributed by atoms with Crippen LogP contribution in [-0.2, 0) is 9.47 Å². The molecule has 0 aromatic carbocycles. The number of nitrogens with zero attached hydrogens (tertiary/aromatic N) is 7. The minimum atomic E-state index is -0.448. The molecule has 33 heavy (non-hydrogen) atoms. The van der Waals surface area contributed by atoms with Crippen LogP contribution in [0, 0.1) is 11.6 Å². The van der Waals surface area contributed by atoms with Crippen molar-refractivity contribution in [3.63, 3.8) is 0 Å². The molecule has 5 N–H and O–H groups in total. The molecule has 2 aliphatic rings. The van der Waals surface area contributed by atoms with Crippen LogP contribution in [0.3, 0.4) is 0 Å². The van der Waals surface area contributed by atoms with Crippen molar-refractivity contribution in [2.75, 3.05) is 81.5 Å². The zero-order valence-corrected chi connectivity index (χ0v) is 19.3. The number of nitrogens with two attached hydrogens (primary N) is 2. The van der Waals surface area contributed by atoms with Gasteiger partial charge >= 0.3 is 0 Å². The normalized spacial score (nSPS) is 15.7. The number of hydrogen-bond acceptors (Lipinski definition) is 12. The van der Waals surface area contributed by atoms with Gasteiger partial charge < -0.3 is 19.3 Å². The van der Waals surface area contributed by atoms with Gasteiger partial charge in [0.1, 0.15) is 0 Å². The van der Waals surface area contributed by atoms with Gasteiger partial charge in [-0.2, -0.15) is 9.97 Å². The quantitative estimate of drug-likeness (QED) is 0.301. The first kappa shape index (κ1) is 26.8. The van der Waals surface area contributed by atoms with Crippen LogP contribution in [0.2, 0.25) is 5.28 Å². The summed E-state index contributed by atoms with van der Waals surface area (Å²) in [5, 5.41) is 1.32. The first-order valence-corrected chi connectivity index (χ1v) is 10.5. The predicted octanol–water partition coefficient (Wildman–Crippen LogP) is -0.0526. The number of aromatic nitrogens is 4. The van der Waals surface area contributed by atoms with E-state index in [1.165, 1.54) is 5.01 Å². The van der Waals surface area contributed by atoms with Gasteiger partial charge in [-0.15, -0.1) is 0 Å². The molecule has 15 heteroatoms. The number of anilines is 3. The van der Waals surface area contributed by atoms with Gasteiger partial charge in [0.25, 0.3) is 0 Å². The van der Waals surface area contributed by atoms with E-state index in [2.05, 4.69) is 31.2 Å². The van der Waals surface area contributed by atoms with Crippen molar-refractivity contribution in [1.29, 1.82) is 0 Å². The van der Waals surface area contributed by atoms with Crippen molar-refractivity contribution in [3.05, 3.63) is 29.3 Å². The van der Waals surface area contributed by atoms with Crippen LogP contribution in [0.1, 0.15) is 0 Å². The maximum absolute atomic E-state index is 13.6. The Labute approximate surface area is 195 Å². The molecule has 0 spiro atoms. The molecule has 4 heterocycles. The third-order valence-electron chi connectivity index (χ3n) is 4.35. The molecule has 0 unspecified atom stereocenters. The summed E-state index contributed by atoms with van der Waals surface area (Å²) in [7, 11) is 3.26. The molecule has 2 fully saturated rings. The van der Waals surface area contributed by atoms with Crippen molar-refractivity contribution in [2.24, 2.45) is 11.7 Å². The molecule has 2 saturated heterocycles. The number of hydrazine groups is 2. The second-order valence-corrected chi connectivity index (χ2v) is 7.09.